The molecule has 0 saturated carbocycles. The third-order valence-corrected chi connectivity index (χ3v) is 6.52. The molecule has 0 amide bonds. The molecule has 0 aromatic carbocycles. The molecule has 2 nitrogen and oxygen atoms in total. The van der Waals surface area contributed by atoms with Crippen LogP contribution in [0.5, 0.6) is 0 Å². The molecule has 0 radical (unpaired) electrons. The number of piperidine rings is 2. The van der Waals surface area contributed by atoms with E-state index in [0.717, 1.165) is 11.8 Å². The highest BCUT2D eigenvalue weighted by atomic mass is 15.1. The Balaban J connectivity index is 1.62. The fraction of sp³-hybridized carbons (Fsp3) is 1.00. The molecule has 2 heteroatoms. The molecule has 0 aromatic rings. The molecule has 2 aliphatic heterocycles. The third kappa shape index (κ3) is 7.50. The number of rotatable bonds is 7. The molecule has 26 heavy (non-hydrogen) atoms. The highest BCUT2D eigenvalue weighted by molar-refractivity contribution is 4.97. The lowest BCUT2D eigenvalue weighted by molar-refractivity contribution is 0.119. The summed E-state index contributed by atoms with van der Waals surface area (Å²) < 4.78 is 0. The van der Waals surface area contributed by atoms with E-state index >= 15 is 0 Å². The van der Waals surface area contributed by atoms with Gasteiger partial charge in [-0.25, -0.2) is 0 Å². The van der Waals surface area contributed by atoms with E-state index < -0.39 is 0 Å². The van der Waals surface area contributed by atoms with Gasteiger partial charge in [0.25, 0.3) is 0 Å². The predicted molar refractivity (Wildman–Crippen MR) is 116 cm³/mol. The summed E-state index contributed by atoms with van der Waals surface area (Å²) in [5, 5.41) is 7.63. The van der Waals surface area contributed by atoms with Crippen LogP contribution >= 0.6 is 0 Å². The zero-order valence-corrected chi connectivity index (χ0v) is 19.2. The summed E-state index contributed by atoms with van der Waals surface area (Å²) in [6.07, 6.45) is 14.0. The summed E-state index contributed by atoms with van der Waals surface area (Å²) in [5.41, 5.74) is 1.23. The van der Waals surface area contributed by atoms with Crippen molar-refractivity contribution in [2.45, 2.75) is 142 Å². The molecular weight excluding hydrogens is 316 g/mol. The summed E-state index contributed by atoms with van der Waals surface area (Å²) in [6.45, 7) is 19.0. The normalized spacial score (nSPS) is 28.2. The van der Waals surface area contributed by atoms with Gasteiger partial charge in [-0.1, -0.05) is 38.5 Å². The minimum Gasteiger partial charge on any atom is -0.307 e. The molecule has 2 heterocycles. The molecule has 0 aromatic heterocycles. The van der Waals surface area contributed by atoms with E-state index in [0.29, 0.717) is 22.2 Å². The maximum Gasteiger partial charge on any atom is 0.0132 e. The Morgan fingerprint density at radius 3 is 1.04 bits per heavy atom. The molecule has 2 fully saturated rings. The topological polar surface area (TPSA) is 24.1 Å². The van der Waals surface area contributed by atoms with Gasteiger partial charge in [-0.2, -0.15) is 0 Å². The molecule has 2 saturated heterocycles. The summed E-state index contributed by atoms with van der Waals surface area (Å²) in [7, 11) is 0. The van der Waals surface area contributed by atoms with Gasteiger partial charge in [0, 0.05) is 22.2 Å². The second-order valence-electron chi connectivity index (χ2n) is 12.3. The van der Waals surface area contributed by atoms with Gasteiger partial charge < -0.3 is 10.6 Å². The van der Waals surface area contributed by atoms with Gasteiger partial charge in [0.15, 0.2) is 0 Å². The van der Waals surface area contributed by atoms with Crippen molar-refractivity contribution >= 4 is 0 Å². The molecule has 154 valence electrons. The van der Waals surface area contributed by atoms with Crippen molar-refractivity contribution in [1.29, 1.82) is 0 Å². The SMILES string of the molecule is CC1(C)CC(CCCCCCC2CC(C)(C)NC(C)(C)C2)CC(C)(C)N1. The van der Waals surface area contributed by atoms with Gasteiger partial charge >= 0.3 is 0 Å². The van der Waals surface area contributed by atoms with Crippen molar-refractivity contribution in [3.8, 4) is 0 Å². The highest BCUT2D eigenvalue weighted by Crippen LogP contribution is 2.37. The van der Waals surface area contributed by atoms with Crippen molar-refractivity contribution in [2.75, 3.05) is 0 Å². The van der Waals surface area contributed by atoms with Crippen molar-refractivity contribution in [3.05, 3.63) is 0 Å². The van der Waals surface area contributed by atoms with Crippen LogP contribution in [0.25, 0.3) is 0 Å². The fourth-order valence-corrected chi connectivity index (χ4v) is 6.70. The van der Waals surface area contributed by atoms with Crippen LogP contribution in [0.1, 0.15) is 120 Å². The summed E-state index contributed by atoms with van der Waals surface area (Å²) in [6, 6.07) is 0. The van der Waals surface area contributed by atoms with Crippen LogP contribution in [-0.4, -0.2) is 22.2 Å². The largest absolute Gasteiger partial charge is 0.307 e. The monoisotopic (exact) mass is 364 g/mol. The maximum absolute atomic E-state index is 3.82. The van der Waals surface area contributed by atoms with E-state index in [4.69, 9.17) is 0 Å². The summed E-state index contributed by atoms with van der Waals surface area (Å²) >= 11 is 0. The van der Waals surface area contributed by atoms with Crippen molar-refractivity contribution in [3.63, 3.8) is 0 Å². The standard InChI is InChI=1S/C24H48N2/c1-21(2)15-19(16-22(3,4)25-21)13-11-9-10-12-14-20-17-23(5,6)26-24(7,8)18-20/h19-20,25-26H,9-18H2,1-8H3. The second-order valence-corrected chi connectivity index (χ2v) is 12.3. The predicted octanol–water partition coefficient (Wildman–Crippen LogP) is 6.44. The highest BCUT2D eigenvalue weighted by Gasteiger charge is 2.38. The molecule has 2 N–H and O–H groups in total. The van der Waals surface area contributed by atoms with Crippen LogP contribution in [0.15, 0.2) is 0 Å². The Hall–Kier alpha value is -0.0800. The quantitative estimate of drug-likeness (QED) is 0.508. The zero-order chi connectivity index (χ0) is 19.6. The second kappa shape index (κ2) is 8.11. The molecule has 0 aliphatic carbocycles. The van der Waals surface area contributed by atoms with Crippen LogP contribution < -0.4 is 10.6 Å². The van der Waals surface area contributed by atoms with Crippen LogP contribution in [0.2, 0.25) is 0 Å². The Kier molecular flexibility index (Phi) is 6.93. The van der Waals surface area contributed by atoms with E-state index in [1.165, 1.54) is 64.2 Å². The Morgan fingerprint density at radius 2 is 0.769 bits per heavy atom. The third-order valence-electron chi connectivity index (χ3n) is 6.52. The number of hydrogen-bond acceptors (Lipinski definition) is 2. The van der Waals surface area contributed by atoms with Gasteiger partial charge in [-0.3, -0.25) is 0 Å². The first kappa shape index (κ1) is 22.2. The van der Waals surface area contributed by atoms with E-state index in [9.17, 15) is 0 Å². The van der Waals surface area contributed by atoms with Crippen molar-refractivity contribution in [2.24, 2.45) is 11.8 Å². The first-order chi connectivity index (χ1) is 11.8. The fourth-order valence-electron chi connectivity index (χ4n) is 6.70. The van der Waals surface area contributed by atoms with Crippen molar-refractivity contribution in [1.82, 2.24) is 10.6 Å². The van der Waals surface area contributed by atoms with Crippen LogP contribution in [0.4, 0.5) is 0 Å². The lowest BCUT2D eigenvalue weighted by atomic mass is 9.73. The summed E-state index contributed by atoms with van der Waals surface area (Å²) in [5.74, 6) is 1.82. The minimum atomic E-state index is 0.307. The van der Waals surface area contributed by atoms with Gasteiger partial charge in [0.05, 0.1) is 0 Å². The average molecular weight is 365 g/mol. The zero-order valence-electron chi connectivity index (χ0n) is 19.2. The number of nitrogens with one attached hydrogen (secondary N) is 2. The average Bonchev–Trinajstić information content (AvgIpc) is 2.35. The van der Waals surface area contributed by atoms with E-state index in [1.54, 1.807) is 0 Å². The molecular formula is C24H48N2. The van der Waals surface area contributed by atoms with Gasteiger partial charge in [0.2, 0.25) is 0 Å². The summed E-state index contributed by atoms with van der Waals surface area (Å²) in [4.78, 5) is 0. The first-order valence-corrected chi connectivity index (χ1v) is 11.4. The first-order valence-electron chi connectivity index (χ1n) is 11.4. The smallest absolute Gasteiger partial charge is 0.0132 e. The molecule has 2 rings (SSSR count). The van der Waals surface area contributed by atoms with E-state index in [-0.39, 0.29) is 0 Å². The molecule has 0 atom stereocenters. The Morgan fingerprint density at radius 1 is 0.500 bits per heavy atom. The maximum atomic E-state index is 3.82. The van der Waals surface area contributed by atoms with Gasteiger partial charge in [-0.15, -0.1) is 0 Å². The molecule has 2 aliphatic rings. The van der Waals surface area contributed by atoms with E-state index in [2.05, 4.69) is 66.0 Å². The van der Waals surface area contributed by atoms with Crippen molar-refractivity contribution < 1.29 is 0 Å². The lowest BCUT2D eigenvalue weighted by Crippen LogP contribution is -2.57. The Bertz CT molecular complexity index is 373. The molecule has 0 spiro atoms. The van der Waals surface area contributed by atoms with E-state index in [1.807, 2.05) is 0 Å². The van der Waals surface area contributed by atoms with Gasteiger partial charge in [0.1, 0.15) is 0 Å². The lowest BCUT2D eigenvalue weighted by Gasteiger charge is -2.47. The van der Waals surface area contributed by atoms with Crippen LogP contribution in [0, 0.1) is 11.8 Å². The molecule has 0 bridgehead atoms. The van der Waals surface area contributed by atoms with Crippen LogP contribution in [0.3, 0.4) is 0 Å². The molecule has 0 unspecified atom stereocenters. The number of unbranched alkanes of at least 4 members (excludes halogenated alkanes) is 3. The number of hydrogen-bond donors (Lipinski definition) is 2. The Labute approximate surface area is 164 Å². The minimum absolute atomic E-state index is 0.307. The van der Waals surface area contributed by atoms with Crippen LogP contribution in [-0.2, 0) is 0 Å². The van der Waals surface area contributed by atoms with Gasteiger partial charge in [-0.05, 0) is 92.9 Å².